The predicted molar refractivity (Wildman–Crippen MR) is 156 cm³/mol. The van der Waals surface area contributed by atoms with E-state index in [2.05, 4.69) is 42.0 Å². The first-order valence-corrected chi connectivity index (χ1v) is 13.7. The van der Waals surface area contributed by atoms with E-state index < -0.39 is 0 Å². The molecule has 0 spiro atoms. The highest BCUT2D eigenvalue weighted by Crippen LogP contribution is 2.31. The molecule has 0 saturated carbocycles. The number of amides is 2. The number of nitrogens with one attached hydrogen (secondary N) is 3. The highest BCUT2D eigenvalue weighted by atomic mass is 16.3. The lowest BCUT2D eigenvalue weighted by atomic mass is 10.0. The van der Waals surface area contributed by atoms with Gasteiger partial charge in [-0.05, 0) is 66.9 Å². The number of nitrogens with zero attached hydrogens (tertiary/aromatic N) is 5. The minimum atomic E-state index is -0.320. The minimum Gasteiger partial charge on any atom is -0.389 e. The molecule has 3 aromatic heterocycles. The van der Waals surface area contributed by atoms with Crippen LogP contribution in [-0.2, 0) is 11.3 Å². The largest absolute Gasteiger partial charge is 0.389 e. The fourth-order valence-corrected chi connectivity index (χ4v) is 5.42. The molecule has 0 aliphatic carbocycles. The third-order valence-electron chi connectivity index (χ3n) is 7.52. The molecule has 11 nitrogen and oxygen atoms in total. The molecule has 5 heterocycles. The summed E-state index contributed by atoms with van der Waals surface area (Å²) in [7, 11) is 0. The van der Waals surface area contributed by atoms with Crippen LogP contribution >= 0.6 is 0 Å². The van der Waals surface area contributed by atoms with Crippen molar-refractivity contribution < 1.29 is 14.7 Å². The van der Waals surface area contributed by atoms with Crippen LogP contribution in [-0.4, -0.2) is 80.1 Å². The number of aromatic amines is 1. The molecule has 2 aliphatic rings. The summed E-state index contributed by atoms with van der Waals surface area (Å²) in [6.07, 6.45) is 6.09. The minimum absolute atomic E-state index is 0.0933. The zero-order valence-corrected chi connectivity index (χ0v) is 22.6. The van der Waals surface area contributed by atoms with E-state index in [0.29, 0.717) is 31.0 Å². The molecule has 0 unspecified atom stereocenters. The third-order valence-corrected chi connectivity index (χ3v) is 7.52. The Labute approximate surface area is 237 Å². The van der Waals surface area contributed by atoms with Gasteiger partial charge >= 0.3 is 0 Å². The van der Waals surface area contributed by atoms with Crippen LogP contribution in [0.4, 0.5) is 11.5 Å². The SMILES string of the molecule is C=CC(=O)N[C@@H]1CCCN(Cc2ccnc(C(=O)Nc3ccc(-c4cc5c(N6CC(O)C6)ncnc5[nH]4)cc3)c2)C1. The second-order valence-electron chi connectivity index (χ2n) is 10.6. The lowest BCUT2D eigenvalue weighted by molar-refractivity contribution is -0.117. The van der Waals surface area contributed by atoms with Crippen molar-refractivity contribution in [2.75, 3.05) is 36.4 Å². The van der Waals surface area contributed by atoms with E-state index in [9.17, 15) is 14.7 Å². The van der Waals surface area contributed by atoms with Gasteiger partial charge in [0.2, 0.25) is 5.91 Å². The highest BCUT2D eigenvalue weighted by Gasteiger charge is 2.27. The fraction of sp³-hybridized carbons (Fsp3) is 0.300. The maximum atomic E-state index is 13.0. The van der Waals surface area contributed by atoms with Gasteiger partial charge < -0.3 is 25.6 Å². The molecule has 41 heavy (non-hydrogen) atoms. The molecular formula is C30H32N8O3. The summed E-state index contributed by atoms with van der Waals surface area (Å²) >= 11 is 0. The lowest BCUT2D eigenvalue weighted by Gasteiger charge is -2.36. The quantitative estimate of drug-likeness (QED) is 0.245. The number of hydrogen-bond acceptors (Lipinski definition) is 8. The normalized spacial score (nSPS) is 17.7. The van der Waals surface area contributed by atoms with Gasteiger partial charge in [0.1, 0.15) is 23.5 Å². The van der Waals surface area contributed by atoms with Crippen molar-refractivity contribution in [2.45, 2.75) is 31.5 Å². The van der Waals surface area contributed by atoms with E-state index in [-0.39, 0.29) is 24.0 Å². The van der Waals surface area contributed by atoms with Gasteiger partial charge in [-0.1, -0.05) is 18.7 Å². The monoisotopic (exact) mass is 552 g/mol. The van der Waals surface area contributed by atoms with Gasteiger partial charge in [0.15, 0.2) is 0 Å². The maximum Gasteiger partial charge on any atom is 0.274 e. The summed E-state index contributed by atoms with van der Waals surface area (Å²) < 4.78 is 0. The molecule has 1 atom stereocenters. The van der Waals surface area contributed by atoms with E-state index in [1.807, 2.05) is 47.4 Å². The summed E-state index contributed by atoms with van der Waals surface area (Å²) in [5.74, 6) is 0.374. The highest BCUT2D eigenvalue weighted by molar-refractivity contribution is 6.03. The average Bonchev–Trinajstić information content (AvgIpc) is 3.41. The molecule has 0 bridgehead atoms. The number of carbonyl (C=O) groups excluding carboxylic acids is 2. The van der Waals surface area contributed by atoms with Crippen molar-refractivity contribution in [3.8, 4) is 11.3 Å². The first-order valence-electron chi connectivity index (χ1n) is 13.7. The van der Waals surface area contributed by atoms with Gasteiger partial charge in [-0.3, -0.25) is 19.5 Å². The van der Waals surface area contributed by atoms with E-state index in [1.54, 1.807) is 6.20 Å². The number of aromatic nitrogens is 4. The van der Waals surface area contributed by atoms with Crippen LogP contribution in [0.15, 0.2) is 67.6 Å². The Morgan fingerprint density at radius 3 is 2.71 bits per heavy atom. The first kappa shape index (κ1) is 26.6. The molecule has 2 saturated heterocycles. The van der Waals surface area contributed by atoms with Gasteiger partial charge in [-0.15, -0.1) is 0 Å². The number of carbonyl (C=O) groups is 2. The topological polar surface area (TPSA) is 139 Å². The van der Waals surface area contributed by atoms with Crippen molar-refractivity contribution in [3.63, 3.8) is 0 Å². The van der Waals surface area contributed by atoms with Crippen LogP contribution in [0.3, 0.4) is 0 Å². The summed E-state index contributed by atoms with van der Waals surface area (Å²) in [5.41, 5.74) is 4.56. The lowest BCUT2D eigenvalue weighted by Crippen LogP contribution is -2.51. The molecule has 1 aromatic carbocycles. The van der Waals surface area contributed by atoms with Crippen molar-refractivity contribution in [2.24, 2.45) is 0 Å². The number of likely N-dealkylation sites (tertiary alicyclic amines) is 1. The van der Waals surface area contributed by atoms with E-state index in [1.165, 1.54) is 12.4 Å². The number of aliphatic hydroxyl groups is 1. The number of H-pyrrole nitrogens is 1. The van der Waals surface area contributed by atoms with Gasteiger partial charge in [0, 0.05) is 49.8 Å². The summed E-state index contributed by atoms with van der Waals surface area (Å²) in [4.78, 5) is 45.4. The number of fused-ring (bicyclic) bond motifs is 1. The number of aliphatic hydroxyl groups excluding tert-OH is 1. The molecule has 4 N–H and O–H groups in total. The number of benzene rings is 1. The zero-order valence-electron chi connectivity index (χ0n) is 22.6. The first-order chi connectivity index (χ1) is 19.9. The zero-order chi connectivity index (χ0) is 28.3. The summed E-state index contributed by atoms with van der Waals surface area (Å²) in [6.45, 7) is 7.01. The smallest absolute Gasteiger partial charge is 0.274 e. The Kier molecular flexibility index (Phi) is 7.45. The van der Waals surface area contributed by atoms with Crippen molar-refractivity contribution in [1.29, 1.82) is 0 Å². The number of pyridine rings is 1. The molecule has 0 radical (unpaired) electrons. The second kappa shape index (κ2) is 11.5. The predicted octanol–water partition coefficient (Wildman–Crippen LogP) is 2.72. The van der Waals surface area contributed by atoms with Crippen molar-refractivity contribution >= 4 is 34.4 Å². The molecule has 210 valence electrons. The van der Waals surface area contributed by atoms with Crippen LogP contribution in [0.5, 0.6) is 0 Å². The summed E-state index contributed by atoms with van der Waals surface area (Å²) in [5, 5.41) is 16.5. The van der Waals surface area contributed by atoms with Gasteiger partial charge in [-0.25, -0.2) is 9.97 Å². The van der Waals surface area contributed by atoms with E-state index >= 15 is 0 Å². The molecule has 11 heteroatoms. The Balaban J connectivity index is 1.09. The second-order valence-corrected chi connectivity index (χ2v) is 10.6. The van der Waals surface area contributed by atoms with Crippen LogP contribution in [0.1, 0.15) is 28.9 Å². The molecule has 4 aromatic rings. The van der Waals surface area contributed by atoms with Crippen LogP contribution in [0.2, 0.25) is 0 Å². The fourth-order valence-electron chi connectivity index (χ4n) is 5.42. The number of rotatable bonds is 8. The Hall–Kier alpha value is -4.61. The Bertz CT molecular complexity index is 1580. The van der Waals surface area contributed by atoms with Crippen LogP contribution < -0.4 is 15.5 Å². The van der Waals surface area contributed by atoms with Crippen LogP contribution in [0, 0.1) is 0 Å². The van der Waals surface area contributed by atoms with Crippen LogP contribution in [0.25, 0.3) is 22.3 Å². The average molecular weight is 553 g/mol. The van der Waals surface area contributed by atoms with E-state index in [0.717, 1.165) is 59.6 Å². The van der Waals surface area contributed by atoms with Crippen molar-refractivity contribution in [1.82, 2.24) is 30.2 Å². The summed E-state index contributed by atoms with van der Waals surface area (Å²) in [6, 6.07) is 13.4. The molecule has 2 amide bonds. The maximum absolute atomic E-state index is 13.0. The Morgan fingerprint density at radius 1 is 1.10 bits per heavy atom. The molecule has 2 aliphatic heterocycles. The molecule has 2 fully saturated rings. The standard InChI is InChI=1S/C30H32N8O3/c1-2-27(40)34-22-4-3-11-37(15-22)14-19-9-10-31-26(12-19)30(41)35-21-7-5-20(6-8-21)25-13-24-28(36-25)32-18-33-29(24)38-16-23(39)17-38/h2,5-10,12-13,18,22-23,39H,1,3-4,11,14-17H2,(H,34,40)(H,35,41)(H,32,33,36)/t22-/m1/s1. The van der Waals surface area contributed by atoms with Gasteiger partial charge in [0.25, 0.3) is 5.91 Å². The number of anilines is 2. The molecule has 6 rings (SSSR count). The number of hydrogen-bond donors (Lipinski definition) is 4. The third kappa shape index (κ3) is 5.96. The number of β-amino-alcohol motifs (C(OH)–C–C–N with tert-alkyl or cyclic N) is 1. The van der Waals surface area contributed by atoms with Crippen molar-refractivity contribution in [3.05, 3.63) is 78.9 Å². The van der Waals surface area contributed by atoms with Gasteiger partial charge in [-0.2, -0.15) is 0 Å². The molecular weight excluding hydrogens is 520 g/mol. The number of piperidine rings is 1. The van der Waals surface area contributed by atoms with Gasteiger partial charge in [0.05, 0.1) is 11.5 Å². The Morgan fingerprint density at radius 2 is 1.93 bits per heavy atom. The van der Waals surface area contributed by atoms with E-state index in [4.69, 9.17) is 0 Å².